The number of methoxy groups -OCH3 is 2. The monoisotopic (exact) mass is 473 g/mol. The molecule has 0 aromatic heterocycles. The fourth-order valence-corrected chi connectivity index (χ4v) is 3.98. The van der Waals surface area contributed by atoms with E-state index in [1.807, 2.05) is 0 Å². The van der Waals surface area contributed by atoms with Gasteiger partial charge in [0.1, 0.15) is 11.5 Å². The SMILES string of the molecule is COc1ccc(NC(=O)c2ccccc2NS(=O)(=O)c2ccc(O)c([N+](=O)[O-])c2)c(OC)c1. The molecule has 1 amide bonds. The Labute approximate surface area is 188 Å². The number of amides is 1. The summed E-state index contributed by atoms with van der Waals surface area (Å²) in [6, 6.07) is 13.2. The molecule has 0 radical (unpaired) electrons. The molecule has 3 aromatic carbocycles. The second-order valence-corrected chi connectivity index (χ2v) is 8.26. The summed E-state index contributed by atoms with van der Waals surface area (Å²) >= 11 is 0. The minimum absolute atomic E-state index is 0.00720. The summed E-state index contributed by atoms with van der Waals surface area (Å²) in [5.41, 5.74) is -0.504. The van der Waals surface area contributed by atoms with Gasteiger partial charge in [0.05, 0.1) is 41.0 Å². The van der Waals surface area contributed by atoms with Crippen LogP contribution in [0.4, 0.5) is 17.1 Å². The van der Waals surface area contributed by atoms with Crippen molar-refractivity contribution < 1.29 is 32.7 Å². The number of hydrogen-bond donors (Lipinski definition) is 3. The summed E-state index contributed by atoms with van der Waals surface area (Å²) in [6.07, 6.45) is 0. The third-order valence-electron chi connectivity index (χ3n) is 4.53. The molecule has 0 aliphatic heterocycles. The van der Waals surface area contributed by atoms with Gasteiger partial charge in [-0.2, -0.15) is 0 Å². The fraction of sp³-hybridized carbons (Fsp3) is 0.0952. The first-order valence-electron chi connectivity index (χ1n) is 9.29. The number of anilines is 2. The number of sulfonamides is 1. The van der Waals surface area contributed by atoms with Crippen molar-refractivity contribution in [1.82, 2.24) is 0 Å². The van der Waals surface area contributed by atoms with Gasteiger partial charge >= 0.3 is 5.69 Å². The number of hydrogen-bond acceptors (Lipinski definition) is 8. The fourth-order valence-electron chi connectivity index (χ4n) is 2.88. The quantitative estimate of drug-likeness (QED) is 0.332. The molecule has 11 nitrogen and oxygen atoms in total. The van der Waals surface area contributed by atoms with E-state index in [2.05, 4.69) is 10.0 Å². The lowest BCUT2D eigenvalue weighted by Gasteiger charge is -2.15. The van der Waals surface area contributed by atoms with Crippen molar-refractivity contribution in [2.45, 2.75) is 4.90 Å². The smallest absolute Gasteiger partial charge is 0.312 e. The molecule has 0 aliphatic carbocycles. The van der Waals surface area contributed by atoms with Gasteiger partial charge in [-0.3, -0.25) is 19.6 Å². The molecule has 3 aromatic rings. The van der Waals surface area contributed by atoms with Crippen molar-refractivity contribution in [2.24, 2.45) is 0 Å². The molecule has 172 valence electrons. The van der Waals surface area contributed by atoms with E-state index < -0.39 is 37.2 Å². The van der Waals surface area contributed by atoms with Gasteiger partial charge in [0.2, 0.25) is 0 Å². The van der Waals surface area contributed by atoms with Gasteiger partial charge in [-0.05, 0) is 36.4 Å². The van der Waals surface area contributed by atoms with E-state index in [1.54, 1.807) is 24.3 Å². The summed E-state index contributed by atoms with van der Waals surface area (Å²) in [4.78, 5) is 22.6. The maximum Gasteiger partial charge on any atom is 0.312 e. The number of para-hydroxylation sites is 1. The number of ether oxygens (including phenoxy) is 2. The number of carbonyl (C=O) groups excluding carboxylic acids is 1. The molecule has 0 saturated carbocycles. The molecule has 3 N–H and O–H groups in total. The molecule has 0 spiro atoms. The maximum atomic E-state index is 12.9. The van der Waals surface area contributed by atoms with Crippen LogP contribution in [0.15, 0.2) is 65.6 Å². The van der Waals surface area contributed by atoms with Crippen LogP contribution in [0.25, 0.3) is 0 Å². The number of nitrogens with one attached hydrogen (secondary N) is 2. The van der Waals surface area contributed by atoms with Crippen LogP contribution in [-0.4, -0.2) is 38.6 Å². The summed E-state index contributed by atoms with van der Waals surface area (Å²) in [5.74, 6) is -0.459. The largest absolute Gasteiger partial charge is 0.502 e. The van der Waals surface area contributed by atoms with Gasteiger partial charge < -0.3 is 19.9 Å². The van der Waals surface area contributed by atoms with E-state index in [9.17, 15) is 28.4 Å². The predicted molar refractivity (Wildman–Crippen MR) is 120 cm³/mol. The Balaban J connectivity index is 1.92. The molecule has 12 heteroatoms. The van der Waals surface area contributed by atoms with E-state index in [0.29, 0.717) is 17.2 Å². The van der Waals surface area contributed by atoms with E-state index in [1.165, 1.54) is 32.4 Å². The average molecular weight is 473 g/mol. The lowest BCUT2D eigenvalue weighted by atomic mass is 10.1. The zero-order chi connectivity index (χ0) is 24.2. The highest BCUT2D eigenvalue weighted by Gasteiger charge is 2.23. The Bertz CT molecular complexity index is 1320. The summed E-state index contributed by atoms with van der Waals surface area (Å²) in [5, 5.41) is 23.2. The van der Waals surface area contributed by atoms with E-state index in [0.717, 1.165) is 18.2 Å². The average Bonchev–Trinajstić information content (AvgIpc) is 2.79. The molecule has 3 rings (SSSR count). The van der Waals surface area contributed by atoms with Crippen LogP contribution in [0, 0.1) is 10.1 Å². The number of aromatic hydroxyl groups is 1. The number of phenolic OH excluding ortho intramolecular Hbond substituents is 1. The lowest BCUT2D eigenvalue weighted by molar-refractivity contribution is -0.386. The Hall–Kier alpha value is -4.32. The predicted octanol–water partition coefficient (Wildman–Crippen LogP) is 3.37. The topological polar surface area (TPSA) is 157 Å². The number of carbonyl (C=O) groups is 1. The second kappa shape index (κ2) is 9.44. The van der Waals surface area contributed by atoms with Gasteiger partial charge in [0.15, 0.2) is 5.75 Å². The number of rotatable bonds is 8. The van der Waals surface area contributed by atoms with Crippen molar-refractivity contribution >= 4 is 33.0 Å². The number of phenols is 1. The number of benzene rings is 3. The molecule has 33 heavy (non-hydrogen) atoms. The zero-order valence-electron chi connectivity index (χ0n) is 17.4. The first kappa shape index (κ1) is 23.3. The van der Waals surface area contributed by atoms with Gasteiger partial charge in [-0.15, -0.1) is 0 Å². The summed E-state index contributed by atoms with van der Waals surface area (Å²) in [7, 11) is -1.42. The van der Waals surface area contributed by atoms with Crippen molar-refractivity contribution in [3.05, 3.63) is 76.3 Å². The van der Waals surface area contributed by atoms with Crippen LogP contribution in [0.5, 0.6) is 17.2 Å². The summed E-state index contributed by atoms with van der Waals surface area (Å²) in [6.45, 7) is 0. The van der Waals surface area contributed by atoms with Crippen molar-refractivity contribution in [2.75, 3.05) is 24.3 Å². The zero-order valence-corrected chi connectivity index (χ0v) is 18.3. The van der Waals surface area contributed by atoms with E-state index in [-0.39, 0.29) is 11.3 Å². The lowest BCUT2D eigenvalue weighted by Crippen LogP contribution is -2.19. The van der Waals surface area contributed by atoms with Gasteiger partial charge in [0.25, 0.3) is 15.9 Å². The normalized spacial score (nSPS) is 10.8. The van der Waals surface area contributed by atoms with Crippen LogP contribution in [0.1, 0.15) is 10.4 Å². The highest BCUT2D eigenvalue weighted by Crippen LogP contribution is 2.31. The molecule has 0 heterocycles. The molecule has 0 bridgehead atoms. The minimum atomic E-state index is -4.32. The van der Waals surface area contributed by atoms with Gasteiger partial charge in [-0.25, -0.2) is 8.42 Å². The Kier molecular flexibility index (Phi) is 6.68. The van der Waals surface area contributed by atoms with E-state index >= 15 is 0 Å². The maximum absolute atomic E-state index is 12.9. The highest BCUT2D eigenvalue weighted by atomic mass is 32.2. The number of nitro groups is 1. The standard InChI is InChI=1S/C21H19N3O8S/c1-31-13-7-9-17(20(11-13)32-2)22-21(26)15-5-3-4-6-16(15)23-33(29,30)14-8-10-19(25)18(12-14)24(27)28/h3-12,23,25H,1-2H3,(H,22,26). The molecule has 0 aliphatic rings. The molecule has 0 saturated heterocycles. The molecular formula is C21H19N3O8S. The Morgan fingerprint density at radius 3 is 2.39 bits per heavy atom. The first-order valence-corrected chi connectivity index (χ1v) is 10.8. The molecule has 0 unspecified atom stereocenters. The highest BCUT2D eigenvalue weighted by molar-refractivity contribution is 7.92. The Morgan fingerprint density at radius 2 is 1.73 bits per heavy atom. The van der Waals surface area contributed by atoms with Crippen LogP contribution < -0.4 is 19.5 Å². The van der Waals surface area contributed by atoms with Crippen molar-refractivity contribution in [3.8, 4) is 17.2 Å². The molecular weight excluding hydrogens is 454 g/mol. The van der Waals surface area contributed by atoms with Gasteiger partial charge in [0, 0.05) is 12.1 Å². The van der Waals surface area contributed by atoms with Crippen LogP contribution >= 0.6 is 0 Å². The van der Waals surface area contributed by atoms with Crippen LogP contribution in [0.3, 0.4) is 0 Å². The minimum Gasteiger partial charge on any atom is -0.502 e. The summed E-state index contributed by atoms with van der Waals surface area (Å²) < 4.78 is 38.3. The Morgan fingerprint density at radius 1 is 1.00 bits per heavy atom. The van der Waals surface area contributed by atoms with Crippen molar-refractivity contribution in [1.29, 1.82) is 0 Å². The first-order chi connectivity index (χ1) is 15.7. The van der Waals surface area contributed by atoms with Crippen molar-refractivity contribution in [3.63, 3.8) is 0 Å². The van der Waals surface area contributed by atoms with E-state index in [4.69, 9.17) is 9.47 Å². The number of nitrogens with zero attached hydrogens (tertiary/aromatic N) is 1. The molecule has 0 atom stereocenters. The third kappa shape index (κ3) is 5.13. The second-order valence-electron chi connectivity index (χ2n) is 6.58. The third-order valence-corrected chi connectivity index (χ3v) is 5.89. The van der Waals surface area contributed by atoms with Crippen LogP contribution in [0.2, 0.25) is 0 Å². The van der Waals surface area contributed by atoms with Gasteiger partial charge in [-0.1, -0.05) is 12.1 Å². The number of nitro benzene ring substituents is 1. The molecule has 0 fully saturated rings. The van der Waals surface area contributed by atoms with Crippen LogP contribution in [-0.2, 0) is 10.0 Å².